The molecule has 0 bridgehead atoms. The molecule has 2 heteroatoms. The van der Waals surface area contributed by atoms with E-state index in [9.17, 15) is 4.79 Å². The van der Waals surface area contributed by atoms with Gasteiger partial charge in [-0.2, -0.15) is 0 Å². The first-order valence-electron chi connectivity index (χ1n) is 6.76. The number of hydrogen-bond donors (Lipinski definition) is 0. The zero-order chi connectivity index (χ0) is 13.3. The first-order valence-corrected chi connectivity index (χ1v) is 6.76. The van der Waals surface area contributed by atoms with Gasteiger partial charge in [-0.1, -0.05) is 23.8 Å². The molecule has 1 heterocycles. The van der Waals surface area contributed by atoms with Crippen LogP contribution in [0.5, 0.6) is 0 Å². The molecule has 1 fully saturated rings. The summed E-state index contributed by atoms with van der Waals surface area (Å²) in [6, 6.07) is 6.08. The molecule has 1 saturated heterocycles. The molecule has 0 spiro atoms. The van der Waals surface area contributed by atoms with Gasteiger partial charge in [-0.3, -0.25) is 9.69 Å². The van der Waals surface area contributed by atoms with E-state index in [1.807, 2.05) is 19.1 Å². The van der Waals surface area contributed by atoms with Gasteiger partial charge in [0, 0.05) is 11.1 Å². The molecule has 0 N–H and O–H groups in total. The van der Waals surface area contributed by atoms with E-state index in [0.717, 1.165) is 17.7 Å². The number of aryl methyl sites for hydroxylation is 2. The fourth-order valence-corrected chi connectivity index (χ4v) is 2.84. The largest absolute Gasteiger partial charge is 0.293 e. The molecule has 2 rings (SSSR count). The molecule has 0 radical (unpaired) electrons. The second-order valence-corrected chi connectivity index (χ2v) is 6.08. The lowest BCUT2D eigenvalue weighted by atomic mass is 9.99. The molecule has 2 nitrogen and oxygen atoms in total. The molecule has 98 valence electrons. The molecule has 18 heavy (non-hydrogen) atoms. The van der Waals surface area contributed by atoms with Crippen molar-refractivity contribution in [2.24, 2.45) is 0 Å². The van der Waals surface area contributed by atoms with Gasteiger partial charge in [-0.15, -0.1) is 0 Å². The quantitative estimate of drug-likeness (QED) is 0.761. The van der Waals surface area contributed by atoms with E-state index in [1.54, 1.807) is 0 Å². The lowest BCUT2D eigenvalue weighted by molar-refractivity contribution is 0.0871. The van der Waals surface area contributed by atoms with Gasteiger partial charge >= 0.3 is 0 Å². The molecule has 1 aliphatic heterocycles. The Hall–Kier alpha value is -1.15. The molecule has 0 amide bonds. The normalized spacial score (nSPS) is 19.1. The Balaban J connectivity index is 2.13. The Morgan fingerprint density at radius 1 is 1.33 bits per heavy atom. The van der Waals surface area contributed by atoms with E-state index < -0.39 is 0 Å². The van der Waals surface area contributed by atoms with Crippen molar-refractivity contribution in [1.82, 2.24) is 4.90 Å². The molecule has 0 aliphatic carbocycles. The first kappa shape index (κ1) is 13.3. The minimum absolute atomic E-state index is 0.175. The van der Waals surface area contributed by atoms with Crippen molar-refractivity contribution in [1.29, 1.82) is 0 Å². The number of Topliss-reactive ketones (excluding diaryl/α,β-unsaturated/α-hetero) is 1. The number of nitrogens with zero attached hydrogens (tertiary/aromatic N) is 1. The Morgan fingerprint density at radius 3 is 2.61 bits per heavy atom. The van der Waals surface area contributed by atoms with Crippen LogP contribution in [0.1, 0.15) is 48.2 Å². The molecule has 0 saturated carbocycles. The van der Waals surface area contributed by atoms with Gasteiger partial charge < -0.3 is 0 Å². The third-order valence-electron chi connectivity index (χ3n) is 4.09. The summed E-state index contributed by atoms with van der Waals surface area (Å²) in [6.07, 6.45) is 2.39. The summed E-state index contributed by atoms with van der Waals surface area (Å²) >= 11 is 0. The maximum Gasteiger partial charge on any atom is 0.177 e. The van der Waals surface area contributed by atoms with Crippen molar-refractivity contribution in [2.75, 3.05) is 13.1 Å². The first-order chi connectivity index (χ1) is 8.40. The highest BCUT2D eigenvalue weighted by atomic mass is 16.1. The monoisotopic (exact) mass is 245 g/mol. The van der Waals surface area contributed by atoms with Gasteiger partial charge in [0.15, 0.2) is 5.78 Å². The van der Waals surface area contributed by atoms with Crippen LogP contribution in [0.4, 0.5) is 0 Å². The van der Waals surface area contributed by atoms with Crippen molar-refractivity contribution in [3.8, 4) is 0 Å². The third kappa shape index (κ3) is 2.64. The zero-order valence-electron chi connectivity index (χ0n) is 11.9. The van der Waals surface area contributed by atoms with Crippen LogP contribution in [0.15, 0.2) is 18.2 Å². The van der Waals surface area contributed by atoms with Crippen LogP contribution in [0.2, 0.25) is 0 Å². The topological polar surface area (TPSA) is 20.3 Å². The molecule has 1 aliphatic rings. The molecule has 0 unspecified atom stereocenters. The van der Waals surface area contributed by atoms with E-state index in [1.165, 1.54) is 18.4 Å². The van der Waals surface area contributed by atoms with Crippen molar-refractivity contribution in [3.05, 3.63) is 34.9 Å². The second kappa shape index (κ2) is 4.85. The molecule has 1 aromatic rings. The maximum absolute atomic E-state index is 12.4. The minimum atomic E-state index is 0.175. The highest BCUT2D eigenvalue weighted by Gasteiger charge is 2.33. The van der Waals surface area contributed by atoms with E-state index in [-0.39, 0.29) is 11.3 Å². The second-order valence-electron chi connectivity index (χ2n) is 6.08. The van der Waals surface area contributed by atoms with Crippen molar-refractivity contribution < 1.29 is 4.79 Å². The Morgan fingerprint density at radius 2 is 2.06 bits per heavy atom. The van der Waals surface area contributed by atoms with Crippen molar-refractivity contribution >= 4 is 5.78 Å². The van der Waals surface area contributed by atoms with E-state index in [0.29, 0.717) is 6.54 Å². The smallest absolute Gasteiger partial charge is 0.177 e. The SMILES string of the molecule is Cc1ccc(C(=O)CN2CCCC2(C)C)c(C)c1. The zero-order valence-corrected chi connectivity index (χ0v) is 11.9. The van der Waals surface area contributed by atoms with Crippen molar-refractivity contribution in [3.63, 3.8) is 0 Å². The lowest BCUT2D eigenvalue weighted by Crippen LogP contribution is -2.41. The summed E-state index contributed by atoms with van der Waals surface area (Å²) in [5, 5.41) is 0. The van der Waals surface area contributed by atoms with Crippen LogP contribution in [0, 0.1) is 13.8 Å². The highest BCUT2D eigenvalue weighted by molar-refractivity contribution is 5.99. The molecular formula is C16H23NO. The Kier molecular flexibility index (Phi) is 3.58. The van der Waals surface area contributed by atoms with Gasteiger partial charge in [0.2, 0.25) is 0 Å². The third-order valence-corrected chi connectivity index (χ3v) is 4.09. The maximum atomic E-state index is 12.4. The van der Waals surface area contributed by atoms with Crippen LogP contribution < -0.4 is 0 Å². The number of carbonyl (C=O) groups excluding carboxylic acids is 1. The number of benzene rings is 1. The predicted molar refractivity (Wildman–Crippen MR) is 75.1 cm³/mol. The van der Waals surface area contributed by atoms with Gasteiger partial charge in [-0.25, -0.2) is 0 Å². The Labute approximate surface area is 110 Å². The molecule has 1 aromatic carbocycles. The average Bonchev–Trinajstić information content (AvgIpc) is 2.58. The number of likely N-dealkylation sites (tertiary alicyclic amines) is 1. The van der Waals surface area contributed by atoms with Crippen LogP contribution in [0.25, 0.3) is 0 Å². The summed E-state index contributed by atoms with van der Waals surface area (Å²) in [5.41, 5.74) is 3.36. The van der Waals surface area contributed by atoms with E-state index >= 15 is 0 Å². The van der Waals surface area contributed by atoms with Gasteiger partial charge in [0.05, 0.1) is 6.54 Å². The standard InChI is InChI=1S/C16H23NO/c1-12-6-7-14(13(2)10-12)15(18)11-17-9-5-8-16(17,3)4/h6-7,10H,5,8-9,11H2,1-4H3. The number of ketones is 1. The number of hydrogen-bond acceptors (Lipinski definition) is 2. The fourth-order valence-electron chi connectivity index (χ4n) is 2.84. The summed E-state index contributed by atoms with van der Waals surface area (Å²) in [5.74, 6) is 0.252. The van der Waals surface area contributed by atoms with Crippen LogP contribution in [0.3, 0.4) is 0 Å². The van der Waals surface area contributed by atoms with Gasteiger partial charge in [0.1, 0.15) is 0 Å². The van der Waals surface area contributed by atoms with Crippen LogP contribution in [-0.2, 0) is 0 Å². The predicted octanol–water partition coefficient (Wildman–Crippen LogP) is 3.36. The van der Waals surface area contributed by atoms with E-state index in [2.05, 4.69) is 31.7 Å². The average molecular weight is 245 g/mol. The van der Waals surface area contributed by atoms with Crippen LogP contribution in [-0.4, -0.2) is 29.3 Å². The molecular weight excluding hydrogens is 222 g/mol. The molecule has 0 atom stereocenters. The number of rotatable bonds is 3. The summed E-state index contributed by atoms with van der Waals surface area (Å²) < 4.78 is 0. The summed E-state index contributed by atoms with van der Waals surface area (Å²) in [6.45, 7) is 10.1. The highest BCUT2D eigenvalue weighted by Crippen LogP contribution is 2.28. The fraction of sp³-hybridized carbons (Fsp3) is 0.562. The number of carbonyl (C=O) groups is 1. The Bertz CT molecular complexity index is 462. The lowest BCUT2D eigenvalue weighted by Gasteiger charge is -2.31. The minimum Gasteiger partial charge on any atom is -0.293 e. The van der Waals surface area contributed by atoms with Crippen molar-refractivity contribution in [2.45, 2.75) is 46.1 Å². The summed E-state index contributed by atoms with van der Waals surface area (Å²) in [4.78, 5) is 14.7. The van der Waals surface area contributed by atoms with E-state index in [4.69, 9.17) is 0 Å². The summed E-state index contributed by atoms with van der Waals surface area (Å²) in [7, 11) is 0. The van der Waals surface area contributed by atoms with Gasteiger partial charge in [0.25, 0.3) is 0 Å². The van der Waals surface area contributed by atoms with Crippen LogP contribution >= 0.6 is 0 Å². The molecule has 0 aromatic heterocycles. The van der Waals surface area contributed by atoms with Gasteiger partial charge in [-0.05, 0) is 52.6 Å².